The normalized spacial score (nSPS) is 28.7. The van der Waals surface area contributed by atoms with Crippen molar-refractivity contribution in [2.75, 3.05) is 11.9 Å². The minimum Gasteiger partial charge on any atom is -0.378 e. The molecule has 2 unspecified atom stereocenters. The Morgan fingerprint density at radius 1 is 1.69 bits per heavy atom. The van der Waals surface area contributed by atoms with Gasteiger partial charge in [0.25, 0.3) is 0 Å². The lowest BCUT2D eigenvalue weighted by atomic mass is 10.0. The monoisotopic (exact) mass is 182 g/mol. The second-order valence-electron chi connectivity index (χ2n) is 3.38. The second kappa shape index (κ2) is 3.74. The molecular formula is C8H14N4O. The fraction of sp³-hybridized carbons (Fsp3) is 0.750. The number of hydrogen-bond donors (Lipinski definition) is 2. The summed E-state index contributed by atoms with van der Waals surface area (Å²) in [6, 6.07) is 0.455. The van der Waals surface area contributed by atoms with Crippen molar-refractivity contribution in [2.45, 2.75) is 31.9 Å². The molecule has 0 spiro atoms. The maximum atomic E-state index is 5.44. The summed E-state index contributed by atoms with van der Waals surface area (Å²) in [5, 5.41) is 10.9. The molecule has 0 bridgehead atoms. The average Bonchev–Trinajstić information content (AvgIpc) is 2.57. The van der Waals surface area contributed by atoms with Crippen molar-refractivity contribution in [1.29, 1.82) is 0 Å². The summed E-state index contributed by atoms with van der Waals surface area (Å²) < 4.78 is 5.44. The first kappa shape index (κ1) is 8.50. The summed E-state index contributed by atoms with van der Waals surface area (Å²) in [5.41, 5.74) is 0. The number of aromatic amines is 1. The zero-order valence-electron chi connectivity index (χ0n) is 7.66. The van der Waals surface area contributed by atoms with E-state index in [2.05, 4.69) is 27.4 Å². The number of ether oxygens (including phenoxy) is 1. The number of hydrogen-bond acceptors (Lipinski definition) is 4. The molecule has 2 rings (SSSR count). The molecule has 1 aromatic rings. The van der Waals surface area contributed by atoms with Crippen LogP contribution in [0.15, 0.2) is 6.33 Å². The van der Waals surface area contributed by atoms with E-state index in [1.807, 2.05) is 0 Å². The van der Waals surface area contributed by atoms with E-state index in [1.54, 1.807) is 6.33 Å². The Balaban J connectivity index is 1.87. The number of nitrogens with zero attached hydrogens (tertiary/aromatic N) is 2. The molecule has 5 nitrogen and oxygen atoms in total. The van der Waals surface area contributed by atoms with Crippen molar-refractivity contribution in [3.8, 4) is 0 Å². The molecule has 0 saturated carbocycles. The van der Waals surface area contributed by atoms with E-state index in [-0.39, 0.29) is 0 Å². The van der Waals surface area contributed by atoms with Gasteiger partial charge in [-0.15, -0.1) is 10.2 Å². The lowest BCUT2D eigenvalue weighted by molar-refractivity contribution is 0.0231. The van der Waals surface area contributed by atoms with Gasteiger partial charge < -0.3 is 15.0 Å². The van der Waals surface area contributed by atoms with Gasteiger partial charge in [-0.3, -0.25) is 0 Å². The molecule has 1 aliphatic heterocycles. The lowest BCUT2D eigenvalue weighted by Gasteiger charge is -2.27. The molecular weight excluding hydrogens is 168 g/mol. The van der Waals surface area contributed by atoms with Crippen LogP contribution in [-0.4, -0.2) is 33.9 Å². The Morgan fingerprint density at radius 2 is 2.62 bits per heavy atom. The molecule has 1 aliphatic rings. The zero-order valence-corrected chi connectivity index (χ0v) is 7.66. The summed E-state index contributed by atoms with van der Waals surface area (Å²) in [4.78, 5) is 2.93. The molecule has 1 aromatic heterocycles. The molecule has 0 radical (unpaired) electrons. The number of rotatable bonds is 2. The Bertz CT molecular complexity index is 249. The predicted molar refractivity (Wildman–Crippen MR) is 48.4 cm³/mol. The van der Waals surface area contributed by atoms with Crippen molar-refractivity contribution in [2.24, 2.45) is 0 Å². The molecule has 1 saturated heterocycles. The van der Waals surface area contributed by atoms with Crippen LogP contribution in [-0.2, 0) is 4.74 Å². The Morgan fingerprint density at radius 3 is 3.31 bits per heavy atom. The van der Waals surface area contributed by atoms with E-state index < -0.39 is 0 Å². The quantitative estimate of drug-likeness (QED) is 0.709. The van der Waals surface area contributed by atoms with E-state index in [0.717, 1.165) is 25.4 Å². The highest BCUT2D eigenvalue weighted by Crippen LogP contribution is 2.15. The highest BCUT2D eigenvalue weighted by atomic mass is 16.5. The van der Waals surface area contributed by atoms with Crippen LogP contribution in [0.5, 0.6) is 0 Å². The third-order valence-corrected chi connectivity index (χ3v) is 2.24. The third-order valence-electron chi connectivity index (χ3n) is 2.24. The maximum absolute atomic E-state index is 5.44. The first-order chi connectivity index (χ1) is 6.34. The molecule has 2 heterocycles. The van der Waals surface area contributed by atoms with Crippen LogP contribution >= 0.6 is 0 Å². The van der Waals surface area contributed by atoms with Crippen molar-refractivity contribution in [3.05, 3.63) is 6.33 Å². The maximum Gasteiger partial charge on any atom is 0.221 e. The van der Waals surface area contributed by atoms with Gasteiger partial charge in [0.2, 0.25) is 5.95 Å². The SMILES string of the molecule is CC1CC(Nc2nnc[nH]2)CCO1. The molecule has 1 fully saturated rings. The summed E-state index contributed by atoms with van der Waals surface area (Å²) in [6.45, 7) is 2.92. The van der Waals surface area contributed by atoms with Crippen LogP contribution in [0.4, 0.5) is 5.95 Å². The fourth-order valence-electron chi connectivity index (χ4n) is 1.60. The van der Waals surface area contributed by atoms with E-state index in [4.69, 9.17) is 4.74 Å². The van der Waals surface area contributed by atoms with Gasteiger partial charge in [-0.1, -0.05) is 0 Å². The fourth-order valence-corrected chi connectivity index (χ4v) is 1.60. The standard InChI is InChI=1S/C8H14N4O/c1-6-4-7(2-3-13-6)11-8-9-5-10-12-8/h5-7H,2-4H2,1H3,(H2,9,10,11,12). The number of H-pyrrole nitrogens is 1. The van der Waals surface area contributed by atoms with Crippen molar-refractivity contribution in [1.82, 2.24) is 15.2 Å². The molecule has 72 valence electrons. The number of nitrogens with one attached hydrogen (secondary N) is 2. The van der Waals surface area contributed by atoms with Gasteiger partial charge in [-0.05, 0) is 19.8 Å². The Labute approximate surface area is 76.9 Å². The molecule has 0 aromatic carbocycles. The highest BCUT2D eigenvalue weighted by Gasteiger charge is 2.19. The third kappa shape index (κ3) is 2.18. The second-order valence-corrected chi connectivity index (χ2v) is 3.38. The smallest absolute Gasteiger partial charge is 0.221 e. The predicted octanol–water partition coefficient (Wildman–Crippen LogP) is 0.784. The van der Waals surface area contributed by atoms with Gasteiger partial charge in [0.15, 0.2) is 0 Å². The van der Waals surface area contributed by atoms with Crippen LogP contribution in [0.2, 0.25) is 0 Å². The number of anilines is 1. The topological polar surface area (TPSA) is 62.8 Å². The Kier molecular flexibility index (Phi) is 2.44. The summed E-state index contributed by atoms with van der Waals surface area (Å²) in [7, 11) is 0. The minimum atomic E-state index is 0.342. The minimum absolute atomic E-state index is 0.342. The van der Waals surface area contributed by atoms with Crippen LogP contribution < -0.4 is 5.32 Å². The lowest BCUT2D eigenvalue weighted by Crippen LogP contribution is -2.32. The van der Waals surface area contributed by atoms with Gasteiger partial charge in [0.1, 0.15) is 6.33 Å². The van der Waals surface area contributed by atoms with Crippen molar-refractivity contribution in [3.63, 3.8) is 0 Å². The molecule has 2 atom stereocenters. The summed E-state index contributed by atoms with van der Waals surface area (Å²) in [6.07, 6.45) is 3.98. The van der Waals surface area contributed by atoms with Gasteiger partial charge in [-0.25, -0.2) is 0 Å². The van der Waals surface area contributed by atoms with E-state index in [1.165, 1.54) is 0 Å². The largest absolute Gasteiger partial charge is 0.378 e. The van der Waals surface area contributed by atoms with E-state index >= 15 is 0 Å². The average molecular weight is 182 g/mol. The van der Waals surface area contributed by atoms with Crippen molar-refractivity contribution >= 4 is 5.95 Å². The van der Waals surface area contributed by atoms with Gasteiger partial charge in [0, 0.05) is 12.6 Å². The molecule has 0 amide bonds. The van der Waals surface area contributed by atoms with Crippen LogP contribution in [0.3, 0.4) is 0 Å². The molecule has 5 heteroatoms. The molecule has 0 aliphatic carbocycles. The van der Waals surface area contributed by atoms with Crippen molar-refractivity contribution < 1.29 is 4.74 Å². The van der Waals surface area contributed by atoms with Gasteiger partial charge >= 0.3 is 0 Å². The Hall–Kier alpha value is -1.10. The van der Waals surface area contributed by atoms with E-state index in [0.29, 0.717) is 12.1 Å². The molecule has 2 N–H and O–H groups in total. The summed E-state index contributed by atoms with van der Waals surface area (Å²) >= 11 is 0. The van der Waals surface area contributed by atoms with Gasteiger partial charge in [0.05, 0.1) is 6.10 Å². The highest BCUT2D eigenvalue weighted by molar-refractivity contribution is 5.22. The number of aromatic nitrogens is 3. The van der Waals surface area contributed by atoms with Crippen LogP contribution in [0.25, 0.3) is 0 Å². The van der Waals surface area contributed by atoms with Crippen LogP contribution in [0.1, 0.15) is 19.8 Å². The van der Waals surface area contributed by atoms with Gasteiger partial charge in [-0.2, -0.15) is 0 Å². The summed E-state index contributed by atoms with van der Waals surface area (Å²) in [5.74, 6) is 0.749. The first-order valence-corrected chi connectivity index (χ1v) is 4.59. The van der Waals surface area contributed by atoms with E-state index in [9.17, 15) is 0 Å². The first-order valence-electron chi connectivity index (χ1n) is 4.59. The molecule has 13 heavy (non-hydrogen) atoms. The zero-order chi connectivity index (χ0) is 9.10. The van der Waals surface area contributed by atoms with Crippen LogP contribution in [0, 0.1) is 0 Å².